The van der Waals surface area contributed by atoms with Crippen molar-refractivity contribution >= 4 is 0 Å². The molecule has 1 N–H and O–H groups in total. The van der Waals surface area contributed by atoms with Crippen molar-refractivity contribution in [1.29, 1.82) is 0 Å². The Labute approximate surface area is 122 Å². The standard InChI is InChI=1S/C16H29N3O/c1-4-9-17-11-14-15(5-2)18-19(16(14)6-3)12-13-8-7-10-20-13/h13,17H,4-12H2,1-3H3. The van der Waals surface area contributed by atoms with E-state index in [9.17, 15) is 0 Å². The maximum absolute atomic E-state index is 5.76. The largest absolute Gasteiger partial charge is 0.376 e. The van der Waals surface area contributed by atoms with Crippen molar-refractivity contribution < 1.29 is 4.74 Å². The van der Waals surface area contributed by atoms with Gasteiger partial charge in [0, 0.05) is 24.4 Å². The van der Waals surface area contributed by atoms with Crippen LogP contribution in [0.2, 0.25) is 0 Å². The molecule has 20 heavy (non-hydrogen) atoms. The van der Waals surface area contributed by atoms with Crippen LogP contribution in [0.3, 0.4) is 0 Å². The average Bonchev–Trinajstić information content (AvgIpc) is 3.07. The Morgan fingerprint density at radius 1 is 1.30 bits per heavy atom. The Balaban J connectivity index is 2.13. The third kappa shape index (κ3) is 3.61. The van der Waals surface area contributed by atoms with Gasteiger partial charge in [-0.05, 0) is 38.6 Å². The van der Waals surface area contributed by atoms with Crippen molar-refractivity contribution in [2.24, 2.45) is 0 Å². The van der Waals surface area contributed by atoms with E-state index < -0.39 is 0 Å². The summed E-state index contributed by atoms with van der Waals surface area (Å²) in [7, 11) is 0. The van der Waals surface area contributed by atoms with Crippen LogP contribution < -0.4 is 5.32 Å². The first-order valence-corrected chi connectivity index (χ1v) is 8.19. The third-order valence-electron chi connectivity index (χ3n) is 4.05. The Bertz CT molecular complexity index is 408. The molecule has 1 atom stereocenters. The van der Waals surface area contributed by atoms with Crippen molar-refractivity contribution in [2.75, 3.05) is 13.2 Å². The van der Waals surface area contributed by atoms with Gasteiger partial charge in [-0.15, -0.1) is 0 Å². The molecular weight excluding hydrogens is 250 g/mol. The van der Waals surface area contributed by atoms with E-state index in [2.05, 4.69) is 30.8 Å². The van der Waals surface area contributed by atoms with Crippen LogP contribution in [0.5, 0.6) is 0 Å². The minimum Gasteiger partial charge on any atom is -0.376 e. The predicted octanol–water partition coefficient (Wildman–Crippen LogP) is 2.69. The van der Waals surface area contributed by atoms with E-state index in [1.165, 1.54) is 36.2 Å². The molecular formula is C16H29N3O. The van der Waals surface area contributed by atoms with Gasteiger partial charge in [0.15, 0.2) is 0 Å². The SMILES string of the molecule is CCCNCc1c(CC)nn(CC2CCCO2)c1CC. The summed E-state index contributed by atoms with van der Waals surface area (Å²) >= 11 is 0. The molecule has 0 radical (unpaired) electrons. The minimum absolute atomic E-state index is 0.362. The lowest BCUT2D eigenvalue weighted by Gasteiger charge is -2.12. The quantitative estimate of drug-likeness (QED) is 0.744. The fraction of sp³-hybridized carbons (Fsp3) is 0.812. The first kappa shape index (κ1) is 15.5. The summed E-state index contributed by atoms with van der Waals surface area (Å²) < 4.78 is 7.97. The number of nitrogens with zero attached hydrogens (tertiary/aromatic N) is 2. The van der Waals surface area contributed by atoms with Crippen LogP contribution in [0.4, 0.5) is 0 Å². The molecule has 4 heteroatoms. The monoisotopic (exact) mass is 279 g/mol. The van der Waals surface area contributed by atoms with E-state index in [0.717, 1.165) is 39.1 Å². The highest BCUT2D eigenvalue weighted by atomic mass is 16.5. The summed E-state index contributed by atoms with van der Waals surface area (Å²) in [4.78, 5) is 0. The van der Waals surface area contributed by atoms with Crippen molar-refractivity contribution in [1.82, 2.24) is 15.1 Å². The maximum Gasteiger partial charge on any atom is 0.0771 e. The number of rotatable bonds is 8. The van der Waals surface area contributed by atoms with E-state index in [1.807, 2.05) is 0 Å². The smallest absolute Gasteiger partial charge is 0.0771 e. The summed E-state index contributed by atoms with van der Waals surface area (Å²) in [6, 6.07) is 0. The summed E-state index contributed by atoms with van der Waals surface area (Å²) in [6.45, 7) is 10.5. The molecule has 4 nitrogen and oxygen atoms in total. The molecule has 0 amide bonds. The summed E-state index contributed by atoms with van der Waals surface area (Å²) in [6.07, 6.45) is 5.96. The fourth-order valence-corrected chi connectivity index (χ4v) is 3.00. The Morgan fingerprint density at radius 2 is 2.15 bits per heavy atom. The molecule has 1 saturated heterocycles. The summed E-state index contributed by atoms with van der Waals surface area (Å²) in [5.41, 5.74) is 4.06. The van der Waals surface area contributed by atoms with Gasteiger partial charge in [-0.1, -0.05) is 20.8 Å². The van der Waals surface area contributed by atoms with Crippen LogP contribution in [0.25, 0.3) is 0 Å². The molecule has 0 spiro atoms. The van der Waals surface area contributed by atoms with Gasteiger partial charge in [-0.2, -0.15) is 5.10 Å². The van der Waals surface area contributed by atoms with Crippen molar-refractivity contribution in [3.05, 3.63) is 17.0 Å². The van der Waals surface area contributed by atoms with E-state index in [0.29, 0.717) is 6.10 Å². The normalized spacial score (nSPS) is 18.9. The highest BCUT2D eigenvalue weighted by Crippen LogP contribution is 2.20. The fourth-order valence-electron chi connectivity index (χ4n) is 3.00. The second-order valence-corrected chi connectivity index (χ2v) is 5.57. The highest BCUT2D eigenvalue weighted by molar-refractivity contribution is 5.27. The number of nitrogens with one attached hydrogen (secondary N) is 1. The van der Waals surface area contributed by atoms with Gasteiger partial charge in [0.05, 0.1) is 18.3 Å². The third-order valence-corrected chi connectivity index (χ3v) is 4.05. The van der Waals surface area contributed by atoms with Gasteiger partial charge in [0.25, 0.3) is 0 Å². The first-order valence-electron chi connectivity index (χ1n) is 8.19. The van der Waals surface area contributed by atoms with Gasteiger partial charge < -0.3 is 10.1 Å². The molecule has 0 bridgehead atoms. The molecule has 1 unspecified atom stereocenters. The number of aromatic nitrogens is 2. The Kier molecular flexibility index (Phi) is 6.05. The zero-order valence-electron chi connectivity index (χ0n) is 13.2. The number of aryl methyl sites for hydroxylation is 1. The molecule has 1 aromatic rings. The van der Waals surface area contributed by atoms with Crippen LogP contribution in [0, 0.1) is 0 Å². The van der Waals surface area contributed by atoms with Crippen LogP contribution in [-0.2, 0) is 30.7 Å². The highest BCUT2D eigenvalue weighted by Gasteiger charge is 2.20. The van der Waals surface area contributed by atoms with Crippen LogP contribution in [0.1, 0.15) is 57.0 Å². The molecule has 2 rings (SSSR count). The minimum atomic E-state index is 0.362. The first-order chi connectivity index (χ1) is 9.80. The van der Waals surface area contributed by atoms with Gasteiger partial charge >= 0.3 is 0 Å². The lowest BCUT2D eigenvalue weighted by atomic mass is 10.1. The molecule has 0 aromatic carbocycles. The van der Waals surface area contributed by atoms with E-state index >= 15 is 0 Å². The lowest BCUT2D eigenvalue weighted by molar-refractivity contribution is 0.0931. The Morgan fingerprint density at radius 3 is 2.75 bits per heavy atom. The second kappa shape index (κ2) is 7.79. The zero-order chi connectivity index (χ0) is 14.4. The van der Waals surface area contributed by atoms with Crippen LogP contribution in [-0.4, -0.2) is 29.0 Å². The van der Waals surface area contributed by atoms with Crippen molar-refractivity contribution in [2.45, 2.75) is 72.1 Å². The number of ether oxygens (including phenoxy) is 1. The number of hydrogen-bond donors (Lipinski definition) is 1. The van der Waals surface area contributed by atoms with Crippen LogP contribution >= 0.6 is 0 Å². The summed E-state index contributed by atoms with van der Waals surface area (Å²) in [5.74, 6) is 0. The maximum atomic E-state index is 5.76. The molecule has 1 aromatic heterocycles. The average molecular weight is 279 g/mol. The molecule has 2 heterocycles. The van der Waals surface area contributed by atoms with Gasteiger partial charge in [0.2, 0.25) is 0 Å². The topological polar surface area (TPSA) is 39.1 Å². The zero-order valence-corrected chi connectivity index (χ0v) is 13.2. The Hall–Kier alpha value is -0.870. The summed E-state index contributed by atoms with van der Waals surface area (Å²) in [5, 5.41) is 8.36. The molecule has 1 aliphatic heterocycles. The molecule has 1 aliphatic rings. The molecule has 0 aliphatic carbocycles. The van der Waals surface area contributed by atoms with E-state index in [-0.39, 0.29) is 0 Å². The number of hydrogen-bond acceptors (Lipinski definition) is 3. The molecule has 1 fully saturated rings. The van der Waals surface area contributed by atoms with Crippen molar-refractivity contribution in [3.63, 3.8) is 0 Å². The van der Waals surface area contributed by atoms with Crippen molar-refractivity contribution in [3.8, 4) is 0 Å². The van der Waals surface area contributed by atoms with E-state index in [4.69, 9.17) is 9.84 Å². The van der Waals surface area contributed by atoms with Crippen LogP contribution in [0.15, 0.2) is 0 Å². The van der Waals surface area contributed by atoms with Gasteiger partial charge in [-0.25, -0.2) is 0 Å². The van der Waals surface area contributed by atoms with Gasteiger partial charge in [-0.3, -0.25) is 4.68 Å². The van der Waals surface area contributed by atoms with Gasteiger partial charge in [0.1, 0.15) is 0 Å². The molecule has 114 valence electrons. The lowest BCUT2D eigenvalue weighted by Crippen LogP contribution is -2.19. The second-order valence-electron chi connectivity index (χ2n) is 5.57. The predicted molar refractivity (Wildman–Crippen MR) is 82.0 cm³/mol. The van der Waals surface area contributed by atoms with E-state index in [1.54, 1.807) is 0 Å². The molecule has 0 saturated carbocycles.